The summed E-state index contributed by atoms with van der Waals surface area (Å²) in [5.74, 6) is 0.210. The molecule has 98 valence electrons. The van der Waals surface area contributed by atoms with Gasteiger partial charge in [-0.1, -0.05) is 22.9 Å². The van der Waals surface area contributed by atoms with E-state index in [9.17, 15) is 14.9 Å². The molecule has 1 aromatic heterocycles. The summed E-state index contributed by atoms with van der Waals surface area (Å²) in [5.41, 5.74) is 0.198. The molecular formula is C11H14BrN3O3. The number of rotatable bonds is 2. The third-order valence-electron chi connectivity index (χ3n) is 3.20. The molecule has 0 aliphatic carbocycles. The van der Waals surface area contributed by atoms with E-state index in [1.165, 1.54) is 12.3 Å². The van der Waals surface area contributed by atoms with Gasteiger partial charge in [-0.05, 0) is 12.3 Å². The van der Waals surface area contributed by atoms with Gasteiger partial charge >= 0.3 is 0 Å². The minimum atomic E-state index is -0.513. The van der Waals surface area contributed by atoms with E-state index in [1.807, 2.05) is 0 Å². The lowest BCUT2D eigenvalue weighted by molar-refractivity contribution is -0.384. The zero-order valence-corrected chi connectivity index (χ0v) is 11.5. The lowest BCUT2D eigenvalue weighted by Gasteiger charge is -2.34. The minimum Gasteiger partial charge on any atom is -0.351 e. The summed E-state index contributed by atoms with van der Waals surface area (Å²) in [6.45, 7) is 3.42. The fraction of sp³-hybridized carbons (Fsp3) is 0.545. The topological polar surface area (TPSA) is 79.2 Å². The summed E-state index contributed by atoms with van der Waals surface area (Å²) in [6, 6.07) is 1.28. The van der Waals surface area contributed by atoms with Crippen LogP contribution < -0.4 is 0 Å². The largest absolute Gasteiger partial charge is 0.351 e. The molecule has 1 saturated heterocycles. The number of nitrogens with zero attached hydrogens (tertiary/aromatic N) is 2. The van der Waals surface area contributed by atoms with E-state index in [4.69, 9.17) is 0 Å². The average molecular weight is 316 g/mol. The fourth-order valence-corrected chi connectivity index (χ4v) is 2.46. The van der Waals surface area contributed by atoms with Gasteiger partial charge in [0.05, 0.1) is 11.1 Å². The van der Waals surface area contributed by atoms with Crippen LogP contribution in [0.3, 0.4) is 0 Å². The Kier molecular flexibility index (Phi) is 3.70. The summed E-state index contributed by atoms with van der Waals surface area (Å²) in [4.78, 5) is 27.0. The highest BCUT2D eigenvalue weighted by Crippen LogP contribution is 2.24. The van der Waals surface area contributed by atoms with Gasteiger partial charge < -0.3 is 9.88 Å². The van der Waals surface area contributed by atoms with Gasteiger partial charge in [0.1, 0.15) is 5.69 Å². The molecule has 0 saturated carbocycles. The van der Waals surface area contributed by atoms with Crippen LogP contribution in [0.25, 0.3) is 0 Å². The number of aromatic amines is 1. The van der Waals surface area contributed by atoms with Crippen molar-refractivity contribution in [2.75, 3.05) is 13.1 Å². The lowest BCUT2D eigenvalue weighted by atomic mass is 10.00. The van der Waals surface area contributed by atoms with Crippen LogP contribution in [0.1, 0.15) is 23.8 Å². The Balaban J connectivity index is 2.09. The first-order valence-electron chi connectivity index (χ1n) is 5.75. The van der Waals surface area contributed by atoms with E-state index in [0.717, 1.165) is 6.42 Å². The summed E-state index contributed by atoms with van der Waals surface area (Å²) >= 11 is 3.57. The second kappa shape index (κ2) is 5.09. The van der Waals surface area contributed by atoms with Crippen LogP contribution in [0, 0.1) is 16.0 Å². The Bertz CT molecular complexity index is 474. The highest BCUT2D eigenvalue weighted by Gasteiger charge is 2.28. The van der Waals surface area contributed by atoms with Crippen molar-refractivity contribution >= 4 is 27.5 Å². The molecule has 6 nitrogen and oxygen atoms in total. The number of carbonyl (C=O) groups is 1. The molecule has 0 radical (unpaired) electrons. The minimum absolute atomic E-state index is 0.0817. The second-order valence-corrected chi connectivity index (χ2v) is 5.74. The molecule has 1 aromatic rings. The van der Waals surface area contributed by atoms with Crippen LogP contribution in [-0.2, 0) is 0 Å². The van der Waals surface area contributed by atoms with Crippen LogP contribution in [0.15, 0.2) is 12.3 Å². The fourth-order valence-electron chi connectivity index (χ4n) is 2.08. The molecule has 18 heavy (non-hydrogen) atoms. The van der Waals surface area contributed by atoms with E-state index in [0.29, 0.717) is 23.8 Å². The average Bonchev–Trinajstić information content (AvgIpc) is 2.81. The normalized spacial score (nSPS) is 24.0. The van der Waals surface area contributed by atoms with Gasteiger partial charge in [0.2, 0.25) is 0 Å². The first-order valence-corrected chi connectivity index (χ1v) is 6.66. The van der Waals surface area contributed by atoms with Gasteiger partial charge in [-0.25, -0.2) is 0 Å². The summed E-state index contributed by atoms with van der Waals surface area (Å²) in [5, 5.41) is 10.6. The third kappa shape index (κ3) is 2.55. The van der Waals surface area contributed by atoms with Gasteiger partial charge in [-0.15, -0.1) is 0 Å². The second-order valence-electron chi connectivity index (χ2n) is 4.56. The van der Waals surface area contributed by atoms with E-state index >= 15 is 0 Å². The summed E-state index contributed by atoms with van der Waals surface area (Å²) in [7, 11) is 0. The molecule has 2 rings (SSSR count). The van der Waals surface area contributed by atoms with Crippen molar-refractivity contribution in [1.29, 1.82) is 0 Å². The van der Waals surface area contributed by atoms with Crippen molar-refractivity contribution in [3.8, 4) is 0 Å². The smallest absolute Gasteiger partial charge is 0.287 e. The molecule has 0 spiro atoms. The number of amides is 1. The van der Waals surface area contributed by atoms with Crippen LogP contribution in [0.2, 0.25) is 0 Å². The maximum Gasteiger partial charge on any atom is 0.287 e. The number of H-pyrrole nitrogens is 1. The zero-order valence-electron chi connectivity index (χ0n) is 9.93. The van der Waals surface area contributed by atoms with Gasteiger partial charge in [0, 0.05) is 24.0 Å². The number of aromatic nitrogens is 1. The van der Waals surface area contributed by atoms with Crippen molar-refractivity contribution < 1.29 is 9.72 Å². The van der Waals surface area contributed by atoms with Gasteiger partial charge in [-0.2, -0.15) is 0 Å². The first-order chi connectivity index (χ1) is 8.49. The number of nitro groups is 1. The molecule has 0 aromatic carbocycles. The van der Waals surface area contributed by atoms with E-state index in [2.05, 4.69) is 27.8 Å². The predicted octanol–water partition coefficient (Wildman–Crippen LogP) is 2.17. The molecule has 1 N–H and O–H groups in total. The van der Waals surface area contributed by atoms with Crippen LogP contribution in [0.5, 0.6) is 0 Å². The van der Waals surface area contributed by atoms with Crippen molar-refractivity contribution in [3.63, 3.8) is 0 Å². The van der Waals surface area contributed by atoms with Crippen molar-refractivity contribution in [3.05, 3.63) is 28.1 Å². The Morgan fingerprint density at radius 2 is 2.39 bits per heavy atom. The van der Waals surface area contributed by atoms with Crippen LogP contribution >= 0.6 is 15.9 Å². The standard InChI is InChI=1S/C11H14BrN3O3/c1-7-6-14(3-2-9(7)12)11(16)10-4-8(5-13-10)15(17)18/h4-5,7,9,13H,2-3,6H2,1H3. The van der Waals surface area contributed by atoms with E-state index in [-0.39, 0.29) is 17.3 Å². The molecule has 1 amide bonds. The Morgan fingerprint density at radius 3 is 2.94 bits per heavy atom. The van der Waals surface area contributed by atoms with Crippen LogP contribution in [0.4, 0.5) is 5.69 Å². The Morgan fingerprint density at radius 1 is 1.67 bits per heavy atom. The molecule has 0 bridgehead atoms. The Labute approximate surface area is 113 Å². The van der Waals surface area contributed by atoms with E-state index < -0.39 is 4.92 Å². The molecular weight excluding hydrogens is 302 g/mol. The van der Waals surface area contributed by atoms with Gasteiger partial charge in [0.25, 0.3) is 11.6 Å². The van der Waals surface area contributed by atoms with Gasteiger partial charge in [0.15, 0.2) is 0 Å². The number of halogens is 1. The monoisotopic (exact) mass is 315 g/mol. The molecule has 1 aliphatic heterocycles. The molecule has 1 aliphatic rings. The van der Waals surface area contributed by atoms with Crippen molar-refractivity contribution in [2.24, 2.45) is 5.92 Å². The number of nitrogens with one attached hydrogen (secondary N) is 1. The van der Waals surface area contributed by atoms with Crippen molar-refractivity contribution in [2.45, 2.75) is 18.2 Å². The highest BCUT2D eigenvalue weighted by molar-refractivity contribution is 9.09. The molecule has 2 unspecified atom stereocenters. The van der Waals surface area contributed by atoms with Gasteiger partial charge in [-0.3, -0.25) is 14.9 Å². The first kappa shape index (κ1) is 13.1. The Hall–Kier alpha value is -1.37. The number of alkyl halides is 1. The summed E-state index contributed by atoms with van der Waals surface area (Å²) < 4.78 is 0. The molecule has 7 heteroatoms. The number of likely N-dealkylation sites (tertiary alicyclic amines) is 1. The quantitative estimate of drug-likeness (QED) is 0.516. The number of hydrogen-bond donors (Lipinski definition) is 1. The SMILES string of the molecule is CC1CN(C(=O)c2cc([N+](=O)[O-])c[nH]2)CCC1Br. The third-order valence-corrected chi connectivity index (χ3v) is 4.56. The highest BCUT2D eigenvalue weighted by atomic mass is 79.9. The van der Waals surface area contributed by atoms with Crippen LogP contribution in [-0.4, -0.2) is 38.6 Å². The zero-order chi connectivity index (χ0) is 13.3. The number of hydrogen-bond acceptors (Lipinski definition) is 3. The maximum atomic E-state index is 12.1. The molecule has 2 heterocycles. The van der Waals surface area contributed by atoms with Crippen molar-refractivity contribution in [1.82, 2.24) is 9.88 Å². The number of carbonyl (C=O) groups excluding carboxylic acids is 1. The van der Waals surface area contributed by atoms with E-state index in [1.54, 1.807) is 4.90 Å². The lowest BCUT2D eigenvalue weighted by Crippen LogP contribution is -2.43. The number of piperidine rings is 1. The molecule has 2 atom stereocenters. The molecule has 1 fully saturated rings. The maximum absolute atomic E-state index is 12.1. The predicted molar refractivity (Wildman–Crippen MR) is 69.8 cm³/mol. The summed E-state index contributed by atoms with van der Waals surface area (Å²) in [6.07, 6.45) is 2.14.